The van der Waals surface area contributed by atoms with Crippen molar-refractivity contribution in [3.8, 4) is 0 Å². The van der Waals surface area contributed by atoms with Crippen LogP contribution in [0.15, 0.2) is 0 Å². The van der Waals surface area contributed by atoms with Gasteiger partial charge in [-0.15, -0.1) is 0 Å². The predicted octanol–water partition coefficient (Wildman–Crippen LogP) is 0.579. The Balaban J connectivity index is 2.63. The summed E-state index contributed by atoms with van der Waals surface area (Å²) in [6.07, 6.45) is -4.39. The highest BCUT2D eigenvalue weighted by Gasteiger charge is 2.44. The minimum absolute atomic E-state index is 0.129. The second-order valence-corrected chi connectivity index (χ2v) is 4.12. The van der Waals surface area contributed by atoms with Crippen LogP contribution in [-0.2, 0) is 0 Å². The third-order valence-corrected chi connectivity index (χ3v) is 2.93. The van der Waals surface area contributed by atoms with E-state index >= 15 is 0 Å². The highest BCUT2D eigenvalue weighted by molar-refractivity contribution is 4.86. The number of aliphatic hydroxyl groups excluding tert-OH is 1. The first kappa shape index (κ1) is 12.7. The number of halogens is 3. The largest absolute Gasteiger partial charge is 0.405 e. The minimum atomic E-state index is -4.28. The van der Waals surface area contributed by atoms with Gasteiger partial charge in [-0.1, -0.05) is 6.92 Å². The Kier molecular flexibility index (Phi) is 3.97. The van der Waals surface area contributed by atoms with Crippen LogP contribution in [0.1, 0.15) is 13.3 Å². The zero-order chi connectivity index (χ0) is 11.6. The first-order chi connectivity index (χ1) is 6.86. The zero-order valence-corrected chi connectivity index (χ0v) is 8.67. The Morgan fingerprint density at radius 3 is 2.53 bits per heavy atom. The van der Waals surface area contributed by atoms with Gasteiger partial charge in [-0.05, 0) is 12.3 Å². The molecule has 3 N–H and O–H groups in total. The first-order valence-electron chi connectivity index (χ1n) is 5.05. The lowest BCUT2D eigenvalue weighted by Crippen LogP contribution is -2.55. The fraction of sp³-hybridized carbons (Fsp3) is 1.00. The summed E-state index contributed by atoms with van der Waals surface area (Å²) in [5.41, 5.74) is 5.15. The van der Waals surface area contributed by atoms with Crippen LogP contribution in [0.4, 0.5) is 13.2 Å². The number of alkyl halides is 3. The van der Waals surface area contributed by atoms with E-state index in [1.54, 1.807) is 6.92 Å². The normalized spacial score (nSPS) is 31.6. The van der Waals surface area contributed by atoms with E-state index in [0.717, 1.165) is 0 Å². The molecule has 90 valence electrons. The molecule has 6 heteroatoms. The highest BCUT2D eigenvalue weighted by atomic mass is 19.4. The monoisotopic (exact) mass is 226 g/mol. The van der Waals surface area contributed by atoms with E-state index in [1.165, 1.54) is 4.90 Å². The van der Waals surface area contributed by atoms with Crippen LogP contribution < -0.4 is 5.73 Å². The maximum absolute atomic E-state index is 12.5. The number of rotatable bonds is 2. The predicted molar refractivity (Wildman–Crippen MR) is 50.3 cm³/mol. The van der Waals surface area contributed by atoms with Crippen molar-refractivity contribution in [1.82, 2.24) is 4.90 Å². The highest BCUT2D eigenvalue weighted by Crippen LogP contribution is 2.28. The minimum Gasteiger partial charge on any atom is -0.393 e. The van der Waals surface area contributed by atoms with E-state index in [2.05, 4.69) is 0 Å². The molecule has 15 heavy (non-hydrogen) atoms. The van der Waals surface area contributed by atoms with Gasteiger partial charge in [-0.2, -0.15) is 13.2 Å². The maximum Gasteiger partial charge on any atom is 0.405 e. The van der Waals surface area contributed by atoms with Gasteiger partial charge in [0.25, 0.3) is 0 Å². The van der Waals surface area contributed by atoms with Gasteiger partial charge in [0.1, 0.15) is 6.04 Å². The van der Waals surface area contributed by atoms with Crippen LogP contribution in [0.3, 0.4) is 0 Å². The van der Waals surface area contributed by atoms with Gasteiger partial charge in [-0.25, -0.2) is 0 Å². The van der Waals surface area contributed by atoms with Crippen LogP contribution >= 0.6 is 0 Å². The Morgan fingerprint density at radius 2 is 2.13 bits per heavy atom. The second kappa shape index (κ2) is 4.67. The molecule has 0 spiro atoms. The number of piperidine rings is 1. The molecule has 3 nitrogen and oxygen atoms in total. The number of nitrogens with zero attached hydrogens (tertiary/aromatic N) is 1. The van der Waals surface area contributed by atoms with Crippen molar-refractivity contribution >= 4 is 0 Å². The van der Waals surface area contributed by atoms with Crippen LogP contribution in [-0.4, -0.2) is 48.0 Å². The third kappa shape index (κ3) is 3.06. The summed E-state index contributed by atoms with van der Waals surface area (Å²) >= 11 is 0. The number of nitrogens with two attached hydrogens (primary N) is 1. The summed E-state index contributed by atoms with van der Waals surface area (Å²) in [5, 5.41) is 9.41. The van der Waals surface area contributed by atoms with Crippen LogP contribution in [0.25, 0.3) is 0 Å². The summed E-state index contributed by atoms with van der Waals surface area (Å²) in [4.78, 5) is 1.32. The fourth-order valence-electron chi connectivity index (χ4n) is 1.94. The molecule has 3 unspecified atom stereocenters. The summed E-state index contributed by atoms with van der Waals surface area (Å²) in [5.74, 6) is -0.129. The average molecular weight is 226 g/mol. The van der Waals surface area contributed by atoms with Crippen molar-refractivity contribution in [2.45, 2.75) is 31.7 Å². The lowest BCUT2D eigenvalue weighted by molar-refractivity contribution is -0.188. The van der Waals surface area contributed by atoms with Gasteiger partial charge >= 0.3 is 6.18 Å². The number of likely N-dealkylation sites (tertiary alicyclic amines) is 1. The molecule has 1 rings (SSSR count). The Labute approximate surface area is 87.0 Å². The van der Waals surface area contributed by atoms with E-state index in [1.807, 2.05) is 0 Å². The molecule has 3 atom stereocenters. The van der Waals surface area contributed by atoms with Crippen molar-refractivity contribution < 1.29 is 18.3 Å². The van der Waals surface area contributed by atoms with Gasteiger partial charge in [0.15, 0.2) is 0 Å². The average Bonchev–Trinajstić information content (AvgIpc) is 2.10. The molecule has 1 fully saturated rings. The molecular formula is C9H17F3N2O. The van der Waals surface area contributed by atoms with Gasteiger partial charge in [0.05, 0.1) is 6.10 Å². The Bertz CT molecular complexity index is 210. The SMILES string of the molecule is CC1CN(C(CN)C(F)(F)F)CCC1O. The van der Waals surface area contributed by atoms with E-state index in [-0.39, 0.29) is 19.0 Å². The summed E-state index contributed by atoms with van der Waals surface area (Å²) in [6, 6.07) is -1.58. The van der Waals surface area contributed by atoms with Crippen molar-refractivity contribution in [1.29, 1.82) is 0 Å². The topological polar surface area (TPSA) is 49.5 Å². The molecule has 0 bridgehead atoms. The zero-order valence-electron chi connectivity index (χ0n) is 8.67. The van der Waals surface area contributed by atoms with E-state index < -0.39 is 24.9 Å². The van der Waals surface area contributed by atoms with Crippen LogP contribution in [0, 0.1) is 5.92 Å². The molecule has 0 saturated carbocycles. The molecule has 0 radical (unpaired) electrons. The van der Waals surface area contributed by atoms with Crippen LogP contribution in [0.2, 0.25) is 0 Å². The third-order valence-electron chi connectivity index (χ3n) is 2.93. The Morgan fingerprint density at radius 1 is 1.53 bits per heavy atom. The van der Waals surface area contributed by atoms with Crippen molar-refractivity contribution in [2.24, 2.45) is 11.7 Å². The second-order valence-electron chi connectivity index (χ2n) is 4.12. The molecule has 0 aromatic carbocycles. The number of hydrogen-bond acceptors (Lipinski definition) is 3. The molecule has 1 heterocycles. The maximum atomic E-state index is 12.5. The lowest BCUT2D eigenvalue weighted by Gasteiger charge is -2.39. The van der Waals surface area contributed by atoms with Gasteiger partial charge in [0.2, 0.25) is 0 Å². The quantitative estimate of drug-likeness (QED) is 0.724. The van der Waals surface area contributed by atoms with Crippen LogP contribution in [0.5, 0.6) is 0 Å². The number of aliphatic hydroxyl groups is 1. The first-order valence-corrected chi connectivity index (χ1v) is 5.05. The molecule has 1 aliphatic heterocycles. The van der Waals surface area contributed by atoms with Gasteiger partial charge in [-0.3, -0.25) is 4.90 Å². The number of hydrogen-bond donors (Lipinski definition) is 2. The molecule has 0 aromatic heterocycles. The van der Waals surface area contributed by atoms with E-state index in [0.29, 0.717) is 6.42 Å². The molecule has 0 aromatic rings. The standard InChI is InChI=1S/C9H17F3N2O/c1-6-5-14(3-2-7(6)15)8(4-13)9(10,11)12/h6-8,15H,2-5,13H2,1H3. The lowest BCUT2D eigenvalue weighted by atomic mass is 9.95. The van der Waals surface area contributed by atoms with Gasteiger partial charge in [0, 0.05) is 19.6 Å². The molecule has 0 aliphatic carbocycles. The summed E-state index contributed by atoms with van der Waals surface area (Å²) < 4.78 is 37.6. The van der Waals surface area contributed by atoms with Crippen molar-refractivity contribution in [2.75, 3.05) is 19.6 Å². The smallest absolute Gasteiger partial charge is 0.393 e. The molecule has 1 saturated heterocycles. The molecular weight excluding hydrogens is 209 g/mol. The Hall–Kier alpha value is -0.330. The van der Waals surface area contributed by atoms with E-state index in [4.69, 9.17) is 5.73 Å². The summed E-state index contributed by atoms with van der Waals surface area (Å²) in [7, 11) is 0. The van der Waals surface area contributed by atoms with Crippen molar-refractivity contribution in [3.05, 3.63) is 0 Å². The fourth-order valence-corrected chi connectivity index (χ4v) is 1.94. The van der Waals surface area contributed by atoms with E-state index in [9.17, 15) is 18.3 Å². The van der Waals surface area contributed by atoms with Gasteiger partial charge < -0.3 is 10.8 Å². The van der Waals surface area contributed by atoms with Crippen molar-refractivity contribution in [3.63, 3.8) is 0 Å². The summed E-state index contributed by atoms with van der Waals surface area (Å²) in [6.45, 7) is 1.84. The molecule has 1 aliphatic rings. The molecule has 0 amide bonds.